The minimum absolute atomic E-state index is 0.203. The van der Waals surface area contributed by atoms with Gasteiger partial charge in [-0.25, -0.2) is 0 Å². The van der Waals surface area contributed by atoms with Gasteiger partial charge in [-0.1, -0.05) is 24.5 Å². The van der Waals surface area contributed by atoms with Crippen molar-refractivity contribution in [2.75, 3.05) is 19.7 Å². The maximum absolute atomic E-state index is 6.15. The van der Waals surface area contributed by atoms with E-state index in [1.165, 1.54) is 63.5 Å². The standard InChI is InChI=1S/C16H29N3O/c17-18-16(13-7-4-2-1-3-5-8-13)15-11-19-10-6-9-14(19)12-20-15/h7,14-16,18H,1-6,8-12,17H2. The van der Waals surface area contributed by atoms with Gasteiger partial charge in [0.05, 0.1) is 18.8 Å². The summed E-state index contributed by atoms with van der Waals surface area (Å²) < 4.78 is 6.15. The summed E-state index contributed by atoms with van der Waals surface area (Å²) in [5.74, 6) is 5.87. The highest BCUT2D eigenvalue weighted by Gasteiger charge is 2.36. The molecule has 3 atom stereocenters. The Morgan fingerprint density at radius 3 is 3.05 bits per heavy atom. The molecule has 3 N–H and O–H groups in total. The third kappa shape index (κ3) is 3.25. The van der Waals surface area contributed by atoms with Crippen LogP contribution in [-0.4, -0.2) is 42.8 Å². The summed E-state index contributed by atoms with van der Waals surface area (Å²) >= 11 is 0. The van der Waals surface area contributed by atoms with E-state index in [1.54, 1.807) is 0 Å². The van der Waals surface area contributed by atoms with Crippen LogP contribution in [0.5, 0.6) is 0 Å². The summed E-state index contributed by atoms with van der Waals surface area (Å²) in [5.41, 5.74) is 4.53. The van der Waals surface area contributed by atoms with Crippen LogP contribution in [0.4, 0.5) is 0 Å². The van der Waals surface area contributed by atoms with Crippen LogP contribution in [0.25, 0.3) is 0 Å². The smallest absolute Gasteiger partial charge is 0.0906 e. The number of hydrogen-bond donors (Lipinski definition) is 2. The number of fused-ring (bicyclic) bond motifs is 1. The van der Waals surface area contributed by atoms with Crippen LogP contribution in [0.3, 0.4) is 0 Å². The maximum atomic E-state index is 6.15. The van der Waals surface area contributed by atoms with Gasteiger partial charge in [-0.15, -0.1) is 0 Å². The van der Waals surface area contributed by atoms with Gasteiger partial charge in [0.2, 0.25) is 0 Å². The lowest BCUT2D eigenvalue weighted by Crippen LogP contribution is -2.56. The molecule has 2 heterocycles. The minimum Gasteiger partial charge on any atom is -0.373 e. The van der Waals surface area contributed by atoms with Gasteiger partial charge in [-0.2, -0.15) is 0 Å². The van der Waals surface area contributed by atoms with Crippen LogP contribution in [0.15, 0.2) is 11.6 Å². The SMILES string of the molecule is NNC(C1=CCCCCCC1)C1CN2CCCC2CO1. The second kappa shape index (κ2) is 7.03. The van der Waals surface area contributed by atoms with E-state index in [0.717, 1.165) is 13.2 Å². The Labute approximate surface area is 122 Å². The molecule has 0 aromatic rings. The van der Waals surface area contributed by atoms with Crippen molar-refractivity contribution in [2.24, 2.45) is 5.84 Å². The predicted molar refractivity (Wildman–Crippen MR) is 81.2 cm³/mol. The van der Waals surface area contributed by atoms with Gasteiger partial charge >= 0.3 is 0 Å². The van der Waals surface area contributed by atoms with E-state index in [2.05, 4.69) is 16.4 Å². The lowest BCUT2D eigenvalue weighted by molar-refractivity contribution is -0.0596. The number of hydrogen-bond acceptors (Lipinski definition) is 4. The van der Waals surface area contributed by atoms with E-state index in [1.807, 2.05) is 0 Å². The Bertz CT molecular complexity index is 345. The number of allylic oxidation sites excluding steroid dienone is 1. The molecule has 1 aliphatic carbocycles. The molecule has 0 aromatic heterocycles. The van der Waals surface area contributed by atoms with Crippen molar-refractivity contribution in [3.8, 4) is 0 Å². The molecule has 2 saturated heterocycles. The molecule has 0 aromatic carbocycles. The fourth-order valence-electron chi connectivity index (χ4n) is 4.00. The first-order chi connectivity index (χ1) is 9.88. The fraction of sp³-hybridized carbons (Fsp3) is 0.875. The van der Waals surface area contributed by atoms with E-state index in [4.69, 9.17) is 10.6 Å². The molecule has 3 rings (SSSR count). The van der Waals surface area contributed by atoms with Crippen LogP contribution in [0.2, 0.25) is 0 Å². The van der Waals surface area contributed by atoms with Gasteiger partial charge in [0.15, 0.2) is 0 Å². The van der Waals surface area contributed by atoms with Crippen molar-refractivity contribution in [1.29, 1.82) is 0 Å². The zero-order valence-electron chi connectivity index (χ0n) is 12.5. The lowest BCUT2D eigenvalue weighted by atomic mass is 9.91. The predicted octanol–water partition coefficient (Wildman–Crippen LogP) is 1.96. The normalized spacial score (nSPS) is 34.0. The number of nitrogens with two attached hydrogens (primary N) is 1. The maximum Gasteiger partial charge on any atom is 0.0906 e. The molecule has 0 radical (unpaired) electrons. The van der Waals surface area contributed by atoms with Gasteiger partial charge in [-0.05, 0) is 45.1 Å². The second-order valence-corrected chi connectivity index (χ2v) is 6.54. The second-order valence-electron chi connectivity index (χ2n) is 6.54. The Morgan fingerprint density at radius 1 is 1.25 bits per heavy atom. The van der Waals surface area contributed by atoms with Crippen LogP contribution in [-0.2, 0) is 4.74 Å². The lowest BCUT2D eigenvalue weighted by Gasteiger charge is -2.39. The van der Waals surface area contributed by atoms with Gasteiger partial charge in [0, 0.05) is 12.6 Å². The first-order valence-electron chi connectivity index (χ1n) is 8.39. The summed E-state index contributed by atoms with van der Waals surface area (Å²) in [6.07, 6.45) is 13.0. The van der Waals surface area contributed by atoms with Crippen molar-refractivity contribution < 1.29 is 4.74 Å². The molecule has 2 aliphatic heterocycles. The molecule has 2 fully saturated rings. The molecule has 3 unspecified atom stereocenters. The Kier molecular flexibility index (Phi) is 5.10. The summed E-state index contributed by atoms with van der Waals surface area (Å²) in [6.45, 7) is 3.16. The Balaban J connectivity index is 1.65. The number of ether oxygens (including phenoxy) is 1. The summed E-state index contributed by atoms with van der Waals surface area (Å²) in [6, 6.07) is 0.866. The molecule has 4 nitrogen and oxygen atoms in total. The van der Waals surface area contributed by atoms with Gasteiger partial charge in [-0.3, -0.25) is 16.2 Å². The van der Waals surface area contributed by atoms with Crippen LogP contribution < -0.4 is 11.3 Å². The largest absolute Gasteiger partial charge is 0.373 e. The van der Waals surface area contributed by atoms with E-state index >= 15 is 0 Å². The zero-order chi connectivity index (χ0) is 13.8. The molecule has 0 amide bonds. The Morgan fingerprint density at radius 2 is 2.15 bits per heavy atom. The van der Waals surface area contributed by atoms with Crippen LogP contribution in [0, 0.1) is 0 Å². The fourth-order valence-corrected chi connectivity index (χ4v) is 4.00. The molecule has 0 saturated carbocycles. The highest BCUT2D eigenvalue weighted by atomic mass is 16.5. The van der Waals surface area contributed by atoms with E-state index in [9.17, 15) is 0 Å². The summed E-state index contributed by atoms with van der Waals surface area (Å²) in [7, 11) is 0. The number of hydrazine groups is 1. The highest BCUT2D eigenvalue weighted by molar-refractivity contribution is 5.15. The number of rotatable bonds is 3. The third-order valence-corrected chi connectivity index (χ3v) is 5.19. The monoisotopic (exact) mass is 279 g/mol. The molecule has 114 valence electrons. The number of morpholine rings is 1. The van der Waals surface area contributed by atoms with Crippen LogP contribution >= 0.6 is 0 Å². The molecular formula is C16H29N3O. The molecule has 4 heteroatoms. The third-order valence-electron chi connectivity index (χ3n) is 5.19. The van der Waals surface area contributed by atoms with Crippen molar-refractivity contribution in [2.45, 2.75) is 69.6 Å². The molecular weight excluding hydrogens is 250 g/mol. The highest BCUT2D eigenvalue weighted by Crippen LogP contribution is 2.27. The number of nitrogens with zero attached hydrogens (tertiary/aromatic N) is 1. The van der Waals surface area contributed by atoms with Gasteiger partial charge in [0.25, 0.3) is 0 Å². The van der Waals surface area contributed by atoms with Crippen LogP contribution in [0.1, 0.15) is 51.4 Å². The Hall–Kier alpha value is -0.420. The van der Waals surface area contributed by atoms with E-state index in [-0.39, 0.29) is 12.1 Å². The van der Waals surface area contributed by atoms with E-state index < -0.39 is 0 Å². The molecule has 0 bridgehead atoms. The van der Waals surface area contributed by atoms with Crippen molar-refractivity contribution in [3.63, 3.8) is 0 Å². The van der Waals surface area contributed by atoms with E-state index in [0.29, 0.717) is 6.04 Å². The average molecular weight is 279 g/mol. The minimum atomic E-state index is 0.203. The first kappa shape index (κ1) is 14.5. The summed E-state index contributed by atoms with van der Waals surface area (Å²) in [4.78, 5) is 2.60. The van der Waals surface area contributed by atoms with Crippen molar-refractivity contribution in [1.82, 2.24) is 10.3 Å². The first-order valence-corrected chi connectivity index (χ1v) is 8.39. The molecule has 0 spiro atoms. The molecule has 20 heavy (non-hydrogen) atoms. The van der Waals surface area contributed by atoms with Crippen molar-refractivity contribution >= 4 is 0 Å². The molecule has 3 aliphatic rings. The zero-order valence-corrected chi connectivity index (χ0v) is 12.5. The quantitative estimate of drug-likeness (QED) is 0.471. The van der Waals surface area contributed by atoms with Crippen molar-refractivity contribution in [3.05, 3.63) is 11.6 Å². The number of nitrogens with one attached hydrogen (secondary N) is 1. The summed E-state index contributed by atoms with van der Waals surface area (Å²) in [5, 5.41) is 0. The van der Waals surface area contributed by atoms with Gasteiger partial charge in [0.1, 0.15) is 0 Å². The average Bonchev–Trinajstić information content (AvgIpc) is 2.89. The topological polar surface area (TPSA) is 50.5 Å². The van der Waals surface area contributed by atoms with Gasteiger partial charge < -0.3 is 4.74 Å².